The monoisotopic (exact) mass is 523 g/mol. The van der Waals surface area contributed by atoms with Gasteiger partial charge in [-0.1, -0.05) is 35.9 Å². The van der Waals surface area contributed by atoms with Gasteiger partial charge in [0, 0.05) is 58.4 Å². The van der Waals surface area contributed by atoms with E-state index in [1.165, 1.54) is 0 Å². The number of carbonyl (C=O) groups excluding carboxylic acids is 2. The lowest BCUT2D eigenvalue weighted by Gasteiger charge is -2.35. The molecular weight excluding hydrogens is 490 g/mol. The number of likely N-dealkylation sites (tertiary alicyclic amines) is 2. The van der Waals surface area contributed by atoms with Gasteiger partial charge in [0.1, 0.15) is 5.82 Å². The number of piperidine rings is 1. The molecule has 2 N–H and O–H groups in total. The average molecular weight is 524 g/mol. The molecule has 5 rings (SSSR count). The van der Waals surface area contributed by atoms with E-state index in [4.69, 9.17) is 27.1 Å². The van der Waals surface area contributed by atoms with Gasteiger partial charge < -0.3 is 24.8 Å². The maximum atomic E-state index is 13.7. The SMILES string of the molecule is COCCCn1c([C@@H]2CCCN(C(=O)[C@@H]3CN(C(=O)c4ccccc4Cl)C[C@H]3N)C2)nc2ccccc21. The number of aromatic nitrogens is 2. The zero-order valence-electron chi connectivity index (χ0n) is 21.2. The number of fused-ring (bicyclic) bond motifs is 1. The molecular formula is C28H34ClN5O3. The van der Waals surface area contributed by atoms with Crippen LogP contribution in [-0.2, 0) is 16.1 Å². The number of aryl methyl sites for hydroxylation is 1. The van der Waals surface area contributed by atoms with Gasteiger partial charge in [-0.05, 0) is 43.5 Å². The van der Waals surface area contributed by atoms with Gasteiger partial charge in [-0.15, -0.1) is 0 Å². The molecule has 0 aliphatic carbocycles. The predicted octanol–water partition coefficient (Wildman–Crippen LogP) is 3.53. The van der Waals surface area contributed by atoms with E-state index in [0.717, 1.165) is 42.7 Å². The van der Waals surface area contributed by atoms with Crippen LogP contribution >= 0.6 is 11.6 Å². The molecule has 3 aromatic rings. The second kappa shape index (κ2) is 11.2. The molecule has 0 bridgehead atoms. The molecule has 2 aliphatic heterocycles. The second-order valence-electron chi connectivity index (χ2n) is 10.0. The lowest BCUT2D eigenvalue weighted by Crippen LogP contribution is -2.47. The van der Waals surface area contributed by atoms with Crippen LogP contribution in [0.1, 0.15) is 41.4 Å². The van der Waals surface area contributed by atoms with Gasteiger partial charge in [-0.2, -0.15) is 0 Å². The Kier molecular flexibility index (Phi) is 7.79. The van der Waals surface area contributed by atoms with E-state index in [-0.39, 0.29) is 17.7 Å². The first-order valence-electron chi connectivity index (χ1n) is 13.0. The van der Waals surface area contributed by atoms with E-state index in [2.05, 4.69) is 10.6 Å². The van der Waals surface area contributed by atoms with Crippen LogP contribution in [0.4, 0.5) is 0 Å². The number of hydrogen-bond acceptors (Lipinski definition) is 5. The molecule has 196 valence electrons. The van der Waals surface area contributed by atoms with Crippen molar-refractivity contribution in [1.29, 1.82) is 0 Å². The summed E-state index contributed by atoms with van der Waals surface area (Å²) >= 11 is 6.24. The van der Waals surface area contributed by atoms with Gasteiger partial charge in [-0.25, -0.2) is 4.98 Å². The molecule has 9 heteroatoms. The molecule has 0 unspecified atom stereocenters. The summed E-state index contributed by atoms with van der Waals surface area (Å²) in [5, 5.41) is 0.406. The fourth-order valence-electron chi connectivity index (χ4n) is 5.69. The number of nitrogens with zero attached hydrogens (tertiary/aromatic N) is 4. The number of rotatable bonds is 7. The Morgan fingerprint density at radius 1 is 1.08 bits per heavy atom. The third-order valence-electron chi connectivity index (χ3n) is 7.59. The van der Waals surface area contributed by atoms with Crippen molar-refractivity contribution < 1.29 is 14.3 Å². The molecule has 2 aliphatic rings. The molecule has 8 nitrogen and oxygen atoms in total. The lowest BCUT2D eigenvalue weighted by molar-refractivity contribution is -0.136. The summed E-state index contributed by atoms with van der Waals surface area (Å²) in [7, 11) is 1.72. The minimum atomic E-state index is -0.425. The van der Waals surface area contributed by atoms with Gasteiger partial charge in [0.15, 0.2) is 0 Å². The highest BCUT2D eigenvalue weighted by Crippen LogP contribution is 2.31. The Labute approximate surface area is 222 Å². The van der Waals surface area contributed by atoms with Crippen LogP contribution in [0.3, 0.4) is 0 Å². The van der Waals surface area contributed by atoms with Crippen molar-refractivity contribution in [3.05, 3.63) is 64.9 Å². The summed E-state index contributed by atoms with van der Waals surface area (Å²) in [4.78, 5) is 35.3. The standard InChI is InChI=1S/C28H34ClN5O3/c1-37-15-7-14-34-25-12-5-4-11-24(25)31-26(34)19-8-6-13-32(16-19)28(36)21-17-33(18-23(21)30)27(35)20-9-2-3-10-22(20)29/h2-5,9-12,19,21,23H,6-8,13-18,30H2,1H3/t19-,21-,23-/m1/s1. The number of halogens is 1. The minimum Gasteiger partial charge on any atom is -0.385 e. The first-order valence-corrected chi connectivity index (χ1v) is 13.4. The first kappa shape index (κ1) is 25.7. The number of amides is 2. The van der Waals surface area contributed by atoms with E-state index in [0.29, 0.717) is 43.4 Å². The normalized spacial score (nSPS) is 22.1. The van der Waals surface area contributed by atoms with Crippen LogP contribution < -0.4 is 5.73 Å². The third kappa shape index (κ3) is 5.23. The van der Waals surface area contributed by atoms with Gasteiger partial charge in [0.05, 0.1) is 27.5 Å². The molecule has 37 heavy (non-hydrogen) atoms. The smallest absolute Gasteiger partial charge is 0.255 e. The van der Waals surface area contributed by atoms with Gasteiger partial charge in [0.25, 0.3) is 5.91 Å². The lowest BCUT2D eigenvalue weighted by atomic mass is 9.94. The summed E-state index contributed by atoms with van der Waals surface area (Å²) in [6, 6.07) is 14.8. The van der Waals surface area contributed by atoms with Crippen molar-refractivity contribution >= 4 is 34.4 Å². The molecule has 0 spiro atoms. The van der Waals surface area contributed by atoms with E-state index < -0.39 is 12.0 Å². The van der Waals surface area contributed by atoms with Gasteiger partial charge >= 0.3 is 0 Å². The number of imidazole rings is 1. The summed E-state index contributed by atoms with van der Waals surface area (Å²) < 4.78 is 7.57. The average Bonchev–Trinajstić information content (AvgIpc) is 3.49. The number of nitrogens with two attached hydrogens (primary N) is 1. The number of para-hydroxylation sites is 2. The molecule has 3 atom stereocenters. The Balaban J connectivity index is 1.31. The molecule has 2 fully saturated rings. The molecule has 2 aromatic carbocycles. The number of methoxy groups -OCH3 is 1. The highest BCUT2D eigenvalue weighted by atomic mass is 35.5. The van der Waals surface area contributed by atoms with Crippen LogP contribution in [0.15, 0.2) is 48.5 Å². The molecule has 0 radical (unpaired) electrons. The minimum absolute atomic E-state index is 0.0219. The predicted molar refractivity (Wildman–Crippen MR) is 144 cm³/mol. The van der Waals surface area contributed by atoms with Crippen molar-refractivity contribution in [3.8, 4) is 0 Å². The Bertz CT molecular complexity index is 1280. The zero-order chi connectivity index (χ0) is 25.9. The van der Waals surface area contributed by atoms with Crippen molar-refractivity contribution in [2.75, 3.05) is 39.9 Å². The van der Waals surface area contributed by atoms with E-state index >= 15 is 0 Å². The molecule has 1 aromatic heterocycles. The van der Waals surface area contributed by atoms with Crippen LogP contribution in [0.25, 0.3) is 11.0 Å². The molecule has 3 heterocycles. The highest BCUT2D eigenvalue weighted by Gasteiger charge is 2.41. The van der Waals surface area contributed by atoms with Crippen molar-refractivity contribution in [2.24, 2.45) is 11.7 Å². The van der Waals surface area contributed by atoms with E-state index in [9.17, 15) is 9.59 Å². The van der Waals surface area contributed by atoms with Crippen LogP contribution in [0, 0.1) is 5.92 Å². The van der Waals surface area contributed by atoms with Crippen molar-refractivity contribution in [3.63, 3.8) is 0 Å². The number of benzene rings is 2. The highest BCUT2D eigenvalue weighted by molar-refractivity contribution is 6.33. The Hall–Kier alpha value is -2.94. The summed E-state index contributed by atoms with van der Waals surface area (Å²) in [5.41, 5.74) is 8.95. The quantitative estimate of drug-likeness (QED) is 0.478. The largest absolute Gasteiger partial charge is 0.385 e. The van der Waals surface area contributed by atoms with Crippen molar-refractivity contribution in [1.82, 2.24) is 19.4 Å². The zero-order valence-corrected chi connectivity index (χ0v) is 21.9. The fraction of sp³-hybridized carbons (Fsp3) is 0.464. The van der Waals surface area contributed by atoms with Crippen LogP contribution in [0.5, 0.6) is 0 Å². The first-order chi connectivity index (χ1) is 18.0. The van der Waals surface area contributed by atoms with Crippen molar-refractivity contribution in [2.45, 2.75) is 37.8 Å². The van der Waals surface area contributed by atoms with Crippen LogP contribution in [0.2, 0.25) is 5.02 Å². The molecule has 2 amide bonds. The Morgan fingerprint density at radius 3 is 2.68 bits per heavy atom. The van der Waals surface area contributed by atoms with E-state index in [1.807, 2.05) is 23.1 Å². The summed E-state index contributed by atoms with van der Waals surface area (Å²) in [6.07, 6.45) is 2.78. The summed E-state index contributed by atoms with van der Waals surface area (Å²) in [5.74, 6) is 0.587. The van der Waals surface area contributed by atoms with Crippen LogP contribution in [-0.4, -0.2) is 77.1 Å². The Morgan fingerprint density at radius 2 is 1.86 bits per heavy atom. The van der Waals surface area contributed by atoms with Gasteiger partial charge in [0.2, 0.25) is 5.91 Å². The number of carbonyl (C=O) groups is 2. The molecule has 2 saturated heterocycles. The number of ether oxygens (including phenoxy) is 1. The fourth-order valence-corrected chi connectivity index (χ4v) is 5.91. The van der Waals surface area contributed by atoms with E-state index in [1.54, 1.807) is 36.3 Å². The number of hydrogen-bond donors (Lipinski definition) is 1. The topological polar surface area (TPSA) is 93.7 Å². The molecule has 0 saturated carbocycles. The van der Waals surface area contributed by atoms with Gasteiger partial charge in [-0.3, -0.25) is 9.59 Å². The maximum absolute atomic E-state index is 13.7. The maximum Gasteiger partial charge on any atom is 0.255 e. The second-order valence-corrected chi connectivity index (χ2v) is 10.4. The summed E-state index contributed by atoms with van der Waals surface area (Å²) in [6.45, 7) is 3.45. The third-order valence-corrected chi connectivity index (χ3v) is 7.92.